The number of hydrogen-bond acceptors (Lipinski definition) is 6. The van der Waals surface area contributed by atoms with Gasteiger partial charge in [0.05, 0.1) is 18.2 Å². The van der Waals surface area contributed by atoms with E-state index in [1.807, 2.05) is 17.0 Å². The van der Waals surface area contributed by atoms with Gasteiger partial charge in [0.1, 0.15) is 11.5 Å². The molecule has 0 spiro atoms. The van der Waals surface area contributed by atoms with Gasteiger partial charge in [-0.3, -0.25) is 24.6 Å². The van der Waals surface area contributed by atoms with Crippen molar-refractivity contribution in [1.29, 1.82) is 0 Å². The van der Waals surface area contributed by atoms with Crippen LogP contribution in [0.5, 0.6) is 11.5 Å². The first-order valence-corrected chi connectivity index (χ1v) is 23.4. The van der Waals surface area contributed by atoms with Crippen LogP contribution in [-0.2, 0) is 33.8 Å². The van der Waals surface area contributed by atoms with Gasteiger partial charge in [-0.1, -0.05) is 115 Å². The molecule has 66 heavy (non-hydrogen) atoms. The minimum Gasteiger partial charge on any atom is -0.494 e. The average Bonchev–Trinajstić information content (AvgIpc) is 3.61. The number of ether oxygens (including phenoxy) is 2. The average molecular weight is 879 g/mol. The second-order valence-corrected chi connectivity index (χ2v) is 17.7. The van der Waals surface area contributed by atoms with Crippen molar-refractivity contribution in [2.24, 2.45) is 0 Å². The molecule has 2 saturated heterocycles. The van der Waals surface area contributed by atoms with Gasteiger partial charge in [0.25, 0.3) is 5.91 Å². The second-order valence-electron chi connectivity index (χ2n) is 17.7. The minimum atomic E-state index is -0.343. The lowest BCUT2D eigenvalue weighted by molar-refractivity contribution is -0.135. The molecule has 0 bridgehead atoms. The highest BCUT2D eigenvalue weighted by Gasteiger charge is 2.28. The summed E-state index contributed by atoms with van der Waals surface area (Å²) in [6, 6.07) is 53.2. The van der Waals surface area contributed by atoms with Crippen LogP contribution >= 0.6 is 0 Å². The normalized spacial score (nSPS) is 15.5. The highest BCUT2D eigenvalue weighted by molar-refractivity contribution is 6.01. The number of aromatic nitrogens is 1. The fourth-order valence-electron chi connectivity index (χ4n) is 9.43. The van der Waals surface area contributed by atoms with Crippen LogP contribution in [-0.4, -0.2) is 78.0 Å². The molecule has 336 valence electrons. The molecule has 3 heterocycles. The second kappa shape index (κ2) is 20.9. The summed E-state index contributed by atoms with van der Waals surface area (Å²) in [6.07, 6.45) is 4.62. The molecular formula is C57H58N4O5. The van der Waals surface area contributed by atoms with Crippen LogP contribution in [0.3, 0.4) is 0 Å². The Balaban J connectivity index is 0.750. The third-order valence-corrected chi connectivity index (χ3v) is 13.1. The number of amides is 3. The van der Waals surface area contributed by atoms with Gasteiger partial charge < -0.3 is 18.9 Å². The topological polar surface area (TPSA) is 93.1 Å². The maximum absolute atomic E-state index is 12.9. The lowest BCUT2D eigenvalue weighted by Crippen LogP contribution is -2.50. The molecule has 2 aliphatic heterocycles. The molecule has 7 aromatic rings. The summed E-state index contributed by atoms with van der Waals surface area (Å²) in [5.74, 6) is 0.594. The van der Waals surface area contributed by atoms with Crippen molar-refractivity contribution in [3.05, 3.63) is 191 Å². The molecular weight excluding hydrogens is 821 g/mol. The Kier molecular flexibility index (Phi) is 14.0. The lowest BCUT2D eigenvalue weighted by Gasteiger charge is -2.34. The molecule has 0 radical (unpaired) electrons. The molecule has 1 unspecified atom stereocenters. The first-order valence-electron chi connectivity index (χ1n) is 23.4. The summed E-state index contributed by atoms with van der Waals surface area (Å²) in [7, 11) is 0. The van der Waals surface area contributed by atoms with Crippen LogP contribution in [0, 0.1) is 6.92 Å². The van der Waals surface area contributed by atoms with Gasteiger partial charge in [0.2, 0.25) is 11.8 Å². The summed E-state index contributed by atoms with van der Waals surface area (Å²) in [4.78, 5) is 40.9. The van der Waals surface area contributed by atoms with Crippen LogP contribution < -0.4 is 14.8 Å². The highest BCUT2D eigenvalue weighted by Crippen LogP contribution is 2.36. The van der Waals surface area contributed by atoms with Gasteiger partial charge in [0, 0.05) is 50.0 Å². The van der Waals surface area contributed by atoms with Crippen molar-refractivity contribution in [2.75, 3.05) is 45.9 Å². The summed E-state index contributed by atoms with van der Waals surface area (Å²) in [5, 5.41) is 3.69. The number of carbonyl (C=O) groups is 3. The van der Waals surface area contributed by atoms with Crippen molar-refractivity contribution in [3.8, 4) is 22.8 Å². The van der Waals surface area contributed by atoms with Gasteiger partial charge in [-0.05, 0) is 126 Å². The monoisotopic (exact) mass is 878 g/mol. The van der Waals surface area contributed by atoms with Crippen molar-refractivity contribution < 1.29 is 23.9 Å². The quantitative estimate of drug-likeness (QED) is 0.0724. The van der Waals surface area contributed by atoms with E-state index in [2.05, 4.69) is 149 Å². The largest absolute Gasteiger partial charge is 0.494 e. The van der Waals surface area contributed by atoms with E-state index < -0.39 is 0 Å². The molecule has 0 saturated carbocycles. The summed E-state index contributed by atoms with van der Waals surface area (Å²) in [5.41, 5.74) is 12.3. The van der Waals surface area contributed by atoms with Gasteiger partial charge in [-0.15, -0.1) is 0 Å². The lowest BCUT2D eigenvalue weighted by atomic mass is 9.90. The Hall–Kier alpha value is -6.97. The van der Waals surface area contributed by atoms with E-state index in [1.54, 1.807) is 12.1 Å². The van der Waals surface area contributed by atoms with E-state index in [-0.39, 0.29) is 30.2 Å². The molecule has 1 N–H and O–H groups in total. The van der Waals surface area contributed by atoms with E-state index in [9.17, 15) is 14.4 Å². The van der Waals surface area contributed by atoms with Crippen LogP contribution in [0.2, 0.25) is 0 Å². The standard InChI is InChI=1S/C57H58N4O5/c1-41-52-38-46(37-43-12-6-3-7-13-43)18-28-53(52)61(56(41)48-19-14-44(15-20-48)36-42-10-4-2-5-11-42)39-45-16-23-49(24-17-45)65-35-9-8-30-59-31-33-60(34-32-59)55(63)40-66-50-25-21-47(22-26-50)51-27-29-54(62)58-57(51)64/h2-7,10-26,28,38,51H,8-9,27,29-37,39-40H2,1H3,(H,58,62,64). The smallest absolute Gasteiger partial charge is 0.260 e. The maximum Gasteiger partial charge on any atom is 0.260 e. The molecule has 6 aromatic carbocycles. The molecule has 1 aromatic heterocycles. The molecule has 1 atom stereocenters. The van der Waals surface area contributed by atoms with Crippen molar-refractivity contribution in [3.63, 3.8) is 0 Å². The number of hydrogen-bond donors (Lipinski definition) is 1. The number of imide groups is 1. The molecule has 2 aliphatic rings. The third kappa shape index (κ3) is 10.9. The van der Waals surface area contributed by atoms with Crippen molar-refractivity contribution in [2.45, 2.75) is 57.9 Å². The molecule has 0 aliphatic carbocycles. The predicted octanol–water partition coefficient (Wildman–Crippen LogP) is 9.75. The van der Waals surface area contributed by atoms with E-state index in [4.69, 9.17) is 9.47 Å². The SMILES string of the molecule is Cc1c(-c2ccc(Cc3ccccc3)cc2)n(Cc2ccc(OCCCCN3CCN(C(=O)COc4ccc(C5CCC(=O)NC5=O)cc4)CC3)cc2)c2ccc(Cc3ccccc3)cc12. The summed E-state index contributed by atoms with van der Waals surface area (Å²) in [6.45, 7) is 7.63. The number of aryl methyl sites for hydroxylation is 1. The Labute approximate surface area is 388 Å². The van der Waals surface area contributed by atoms with Gasteiger partial charge in [-0.2, -0.15) is 0 Å². The Morgan fingerprint density at radius 1 is 0.652 bits per heavy atom. The van der Waals surface area contributed by atoms with Crippen LogP contribution in [0.15, 0.2) is 152 Å². The fourth-order valence-corrected chi connectivity index (χ4v) is 9.43. The van der Waals surface area contributed by atoms with Crippen LogP contribution in [0.25, 0.3) is 22.2 Å². The minimum absolute atomic E-state index is 0.0271. The highest BCUT2D eigenvalue weighted by atomic mass is 16.5. The van der Waals surface area contributed by atoms with Crippen LogP contribution in [0.1, 0.15) is 70.5 Å². The Bertz CT molecular complexity index is 2740. The molecule has 3 amide bonds. The van der Waals surface area contributed by atoms with E-state index in [0.717, 1.165) is 63.2 Å². The Morgan fingerprint density at radius 3 is 1.94 bits per heavy atom. The van der Waals surface area contributed by atoms with Gasteiger partial charge >= 0.3 is 0 Å². The number of piperazine rings is 1. The Morgan fingerprint density at radius 2 is 1.26 bits per heavy atom. The molecule has 9 rings (SSSR count). The number of carbonyl (C=O) groups excluding carboxylic acids is 3. The number of nitrogens with zero attached hydrogens (tertiary/aromatic N) is 3. The number of nitrogens with one attached hydrogen (secondary N) is 1. The van der Waals surface area contributed by atoms with E-state index in [1.165, 1.54) is 55.5 Å². The van der Waals surface area contributed by atoms with Crippen molar-refractivity contribution >= 4 is 28.6 Å². The first-order chi connectivity index (χ1) is 32.3. The predicted molar refractivity (Wildman–Crippen MR) is 261 cm³/mol. The van der Waals surface area contributed by atoms with E-state index in [0.29, 0.717) is 38.3 Å². The number of rotatable bonds is 17. The van der Waals surface area contributed by atoms with Gasteiger partial charge in [-0.25, -0.2) is 0 Å². The summed E-state index contributed by atoms with van der Waals surface area (Å²) < 4.78 is 14.5. The molecule has 9 nitrogen and oxygen atoms in total. The molecule has 2 fully saturated rings. The molecule has 9 heteroatoms. The zero-order valence-corrected chi connectivity index (χ0v) is 37.8. The fraction of sp³-hybridized carbons (Fsp3) is 0.281. The summed E-state index contributed by atoms with van der Waals surface area (Å²) >= 11 is 0. The number of unbranched alkanes of at least 4 members (excludes halogenated alkanes) is 1. The first kappa shape index (κ1) is 44.2. The van der Waals surface area contributed by atoms with E-state index >= 15 is 0 Å². The van der Waals surface area contributed by atoms with Crippen molar-refractivity contribution in [1.82, 2.24) is 19.7 Å². The van der Waals surface area contributed by atoms with Crippen LogP contribution in [0.4, 0.5) is 0 Å². The number of piperidine rings is 1. The third-order valence-electron chi connectivity index (χ3n) is 13.1. The zero-order valence-electron chi connectivity index (χ0n) is 37.8. The number of fused-ring (bicyclic) bond motifs is 1. The number of benzene rings is 6. The zero-order chi connectivity index (χ0) is 45.2. The maximum atomic E-state index is 12.9. The van der Waals surface area contributed by atoms with Gasteiger partial charge in [0.15, 0.2) is 6.61 Å².